The molecule has 0 bridgehead atoms. The number of halogens is 4. The first-order valence-corrected chi connectivity index (χ1v) is 7.95. The van der Waals surface area contributed by atoms with Crippen molar-refractivity contribution in [3.8, 4) is 5.75 Å². The molecule has 2 rings (SSSR count). The van der Waals surface area contributed by atoms with Gasteiger partial charge in [-0.05, 0) is 36.8 Å². The zero-order valence-electron chi connectivity index (χ0n) is 10.9. The highest BCUT2D eigenvalue weighted by Gasteiger charge is 2.20. The highest BCUT2D eigenvalue weighted by molar-refractivity contribution is 9.10. The Labute approximate surface area is 139 Å². The van der Waals surface area contributed by atoms with Crippen molar-refractivity contribution in [1.82, 2.24) is 0 Å². The van der Waals surface area contributed by atoms with Crippen LogP contribution in [0.3, 0.4) is 0 Å². The lowest BCUT2D eigenvalue weighted by Crippen LogP contribution is -2.00. The van der Waals surface area contributed by atoms with Gasteiger partial charge in [-0.15, -0.1) is 0 Å². The van der Waals surface area contributed by atoms with Crippen molar-refractivity contribution in [2.75, 3.05) is 7.11 Å². The molecule has 0 radical (unpaired) electrons. The molecule has 20 heavy (non-hydrogen) atoms. The van der Waals surface area contributed by atoms with E-state index in [2.05, 4.69) is 31.9 Å². The maximum atomic E-state index is 14.0. The lowest BCUT2D eigenvalue weighted by Gasteiger charge is -2.17. The molecule has 0 saturated heterocycles. The summed E-state index contributed by atoms with van der Waals surface area (Å²) in [6.45, 7) is 1.97. The van der Waals surface area contributed by atoms with Crippen LogP contribution in [0.4, 0.5) is 4.39 Å². The van der Waals surface area contributed by atoms with Crippen LogP contribution in [0.15, 0.2) is 34.8 Å². The molecule has 2 aromatic carbocycles. The monoisotopic (exact) mass is 420 g/mol. The Morgan fingerprint density at radius 2 is 1.90 bits per heavy atom. The quantitative estimate of drug-likeness (QED) is 0.548. The molecule has 1 atom stereocenters. The van der Waals surface area contributed by atoms with E-state index in [1.54, 1.807) is 19.2 Å². The molecule has 0 aliphatic heterocycles. The van der Waals surface area contributed by atoms with Crippen LogP contribution in [0.25, 0.3) is 0 Å². The van der Waals surface area contributed by atoms with Crippen LogP contribution >= 0.6 is 43.5 Å². The second kappa shape index (κ2) is 6.46. The van der Waals surface area contributed by atoms with E-state index in [-0.39, 0.29) is 10.6 Å². The second-order valence-electron chi connectivity index (χ2n) is 4.37. The number of ether oxygens (including phenoxy) is 1. The molecule has 0 saturated carbocycles. The predicted octanol–water partition coefficient (Wildman–Crippen LogP) is 6.04. The third-order valence-corrected chi connectivity index (χ3v) is 5.10. The molecule has 106 valence electrons. The maximum Gasteiger partial charge on any atom is 0.129 e. The van der Waals surface area contributed by atoms with Crippen molar-refractivity contribution >= 4 is 43.5 Å². The van der Waals surface area contributed by atoms with Gasteiger partial charge in [0.25, 0.3) is 0 Å². The van der Waals surface area contributed by atoms with Gasteiger partial charge in [0.2, 0.25) is 0 Å². The Morgan fingerprint density at radius 1 is 1.20 bits per heavy atom. The fraction of sp³-hybridized carbons (Fsp3) is 0.200. The number of hydrogen-bond donors (Lipinski definition) is 0. The number of benzene rings is 2. The van der Waals surface area contributed by atoms with E-state index in [1.807, 2.05) is 19.1 Å². The number of rotatable bonds is 3. The molecule has 0 N–H and O–H groups in total. The molecular formula is C15H12Br2ClFO. The molecule has 0 spiro atoms. The molecule has 1 unspecified atom stereocenters. The van der Waals surface area contributed by atoms with Crippen molar-refractivity contribution in [2.24, 2.45) is 0 Å². The Bertz CT molecular complexity index is 646. The van der Waals surface area contributed by atoms with Gasteiger partial charge in [0.05, 0.1) is 11.9 Å². The highest BCUT2D eigenvalue weighted by Crippen LogP contribution is 2.40. The highest BCUT2D eigenvalue weighted by atomic mass is 79.9. The smallest absolute Gasteiger partial charge is 0.129 e. The van der Waals surface area contributed by atoms with Gasteiger partial charge in [0.15, 0.2) is 0 Å². The standard InChI is InChI=1S/C15H12Br2ClFO/c1-8-5-14(20-2)11(7-12(8)16)15(17)10-4-3-9(18)6-13(10)19/h3-7,15H,1-2H3. The molecule has 1 nitrogen and oxygen atoms in total. The molecule has 0 aromatic heterocycles. The molecule has 0 aliphatic rings. The number of alkyl halides is 1. The molecule has 5 heteroatoms. The summed E-state index contributed by atoms with van der Waals surface area (Å²) in [5.74, 6) is 0.361. The fourth-order valence-electron chi connectivity index (χ4n) is 1.92. The van der Waals surface area contributed by atoms with Gasteiger partial charge in [-0.1, -0.05) is 49.5 Å². The van der Waals surface area contributed by atoms with Gasteiger partial charge < -0.3 is 4.74 Å². The van der Waals surface area contributed by atoms with Crippen LogP contribution in [0.5, 0.6) is 5.75 Å². The number of methoxy groups -OCH3 is 1. The van der Waals surface area contributed by atoms with Gasteiger partial charge in [0.1, 0.15) is 11.6 Å². The third kappa shape index (κ3) is 3.18. The average molecular weight is 423 g/mol. The molecular weight excluding hydrogens is 410 g/mol. The largest absolute Gasteiger partial charge is 0.496 e. The zero-order valence-corrected chi connectivity index (χ0v) is 14.8. The van der Waals surface area contributed by atoms with Crippen molar-refractivity contribution in [3.05, 3.63) is 62.3 Å². The van der Waals surface area contributed by atoms with Gasteiger partial charge in [-0.25, -0.2) is 4.39 Å². The van der Waals surface area contributed by atoms with E-state index in [0.29, 0.717) is 16.3 Å². The van der Waals surface area contributed by atoms with Crippen LogP contribution < -0.4 is 4.74 Å². The minimum atomic E-state index is -0.349. The fourth-order valence-corrected chi connectivity index (χ4v) is 3.17. The maximum absolute atomic E-state index is 14.0. The summed E-state index contributed by atoms with van der Waals surface area (Å²) in [5, 5.41) is 0.378. The summed E-state index contributed by atoms with van der Waals surface area (Å²) in [4.78, 5) is -0.313. The van der Waals surface area contributed by atoms with Gasteiger partial charge >= 0.3 is 0 Å². The van der Waals surface area contributed by atoms with Crippen LogP contribution in [0, 0.1) is 12.7 Å². The van der Waals surface area contributed by atoms with E-state index in [1.165, 1.54) is 6.07 Å². The van der Waals surface area contributed by atoms with E-state index >= 15 is 0 Å². The van der Waals surface area contributed by atoms with Crippen molar-refractivity contribution in [2.45, 2.75) is 11.8 Å². The molecule has 0 amide bonds. The first-order chi connectivity index (χ1) is 9.43. The van der Waals surface area contributed by atoms with Gasteiger partial charge in [-0.3, -0.25) is 0 Å². The summed E-state index contributed by atoms with van der Waals surface area (Å²) in [6.07, 6.45) is 0. The van der Waals surface area contributed by atoms with Crippen LogP contribution in [-0.2, 0) is 0 Å². The molecule has 2 aromatic rings. The first-order valence-electron chi connectivity index (χ1n) is 5.87. The Balaban J connectivity index is 2.52. The second-order valence-corrected chi connectivity index (χ2v) is 6.58. The predicted molar refractivity (Wildman–Crippen MR) is 87.6 cm³/mol. The molecule has 0 aliphatic carbocycles. The summed E-state index contributed by atoms with van der Waals surface area (Å²) in [6, 6.07) is 8.50. The summed E-state index contributed by atoms with van der Waals surface area (Å²) >= 11 is 12.8. The number of hydrogen-bond acceptors (Lipinski definition) is 1. The SMILES string of the molecule is COc1cc(C)c(Br)cc1C(Br)c1ccc(Cl)cc1F. The zero-order chi connectivity index (χ0) is 14.9. The Hall–Kier alpha value is -0.580. The minimum absolute atomic E-state index is 0.313. The summed E-state index contributed by atoms with van der Waals surface area (Å²) in [7, 11) is 1.60. The van der Waals surface area contributed by atoms with E-state index < -0.39 is 0 Å². The van der Waals surface area contributed by atoms with Gasteiger partial charge in [-0.2, -0.15) is 0 Å². The lowest BCUT2D eigenvalue weighted by molar-refractivity contribution is 0.410. The lowest BCUT2D eigenvalue weighted by atomic mass is 10.0. The van der Waals surface area contributed by atoms with Gasteiger partial charge in [0, 0.05) is 20.6 Å². The normalized spacial score (nSPS) is 12.3. The van der Waals surface area contributed by atoms with Crippen LogP contribution in [-0.4, -0.2) is 7.11 Å². The topological polar surface area (TPSA) is 9.23 Å². The summed E-state index contributed by atoms with van der Waals surface area (Å²) in [5.41, 5.74) is 2.43. The van der Waals surface area contributed by atoms with Crippen molar-refractivity contribution in [3.63, 3.8) is 0 Å². The first kappa shape index (κ1) is 15.8. The van der Waals surface area contributed by atoms with Crippen molar-refractivity contribution in [1.29, 1.82) is 0 Å². The van der Waals surface area contributed by atoms with Crippen LogP contribution in [0.1, 0.15) is 21.5 Å². The summed E-state index contributed by atoms with van der Waals surface area (Å²) < 4.78 is 20.4. The minimum Gasteiger partial charge on any atom is -0.496 e. The molecule has 0 heterocycles. The number of aryl methyl sites for hydroxylation is 1. The van der Waals surface area contributed by atoms with E-state index in [0.717, 1.165) is 15.6 Å². The van der Waals surface area contributed by atoms with E-state index in [4.69, 9.17) is 16.3 Å². The Kier molecular flexibility index (Phi) is 5.10. The van der Waals surface area contributed by atoms with Crippen molar-refractivity contribution < 1.29 is 9.13 Å². The Morgan fingerprint density at radius 3 is 2.50 bits per heavy atom. The molecule has 0 fully saturated rings. The third-order valence-electron chi connectivity index (χ3n) is 3.02. The van der Waals surface area contributed by atoms with Crippen LogP contribution in [0.2, 0.25) is 5.02 Å². The van der Waals surface area contributed by atoms with E-state index in [9.17, 15) is 4.39 Å². The average Bonchev–Trinajstić information content (AvgIpc) is 2.40.